The Morgan fingerprint density at radius 1 is 1.32 bits per heavy atom. The van der Waals surface area contributed by atoms with Crippen LogP contribution >= 0.6 is 0 Å². The van der Waals surface area contributed by atoms with Crippen LogP contribution in [0.5, 0.6) is 5.75 Å². The molecule has 22 heavy (non-hydrogen) atoms. The second-order valence-corrected chi connectivity index (χ2v) is 8.14. The molecule has 1 heterocycles. The van der Waals surface area contributed by atoms with Gasteiger partial charge in [-0.25, -0.2) is 0 Å². The van der Waals surface area contributed by atoms with Crippen molar-refractivity contribution in [3.05, 3.63) is 28.8 Å². The Balaban J connectivity index is 1.76. The zero-order valence-corrected chi connectivity index (χ0v) is 14.6. The third-order valence-electron chi connectivity index (χ3n) is 5.87. The van der Waals surface area contributed by atoms with Crippen molar-refractivity contribution in [3.8, 4) is 5.75 Å². The number of phenolic OH excluding ortho intramolecular Hbond substituents is 1. The normalized spacial score (nSPS) is 30.7. The molecule has 1 aromatic carbocycles. The molecule has 4 atom stereocenters. The SMILES string of the molecule is Cc1cc(O)c2c(c1)C([C@@H](C)CCC1OC1(C)C)CC[C@H]2C. The van der Waals surface area contributed by atoms with Gasteiger partial charge in [0.15, 0.2) is 0 Å². The van der Waals surface area contributed by atoms with E-state index in [9.17, 15) is 5.11 Å². The number of benzene rings is 1. The second kappa shape index (κ2) is 5.56. The minimum absolute atomic E-state index is 0.105. The van der Waals surface area contributed by atoms with Crippen molar-refractivity contribution in [1.29, 1.82) is 0 Å². The lowest BCUT2D eigenvalue weighted by molar-refractivity contribution is 0.303. The fraction of sp³-hybridized carbons (Fsp3) is 0.700. The van der Waals surface area contributed by atoms with Crippen molar-refractivity contribution in [2.24, 2.45) is 5.92 Å². The highest BCUT2D eigenvalue weighted by Crippen LogP contribution is 2.48. The van der Waals surface area contributed by atoms with Crippen LogP contribution in [0.15, 0.2) is 12.1 Å². The highest BCUT2D eigenvalue weighted by atomic mass is 16.6. The topological polar surface area (TPSA) is 32.8 Å². The summed E-state index contributed by atoms with van der Waals surface area (Å²) < 4.78 is 5.73. The number of epoxide rings is 1. The van der Waals surface area contributed by atoms with Gasteiger partial charge in [0.25, 0.3) is 0 Å². The molecule has 2 nitrogen and oxygen atoms in total. The van der Waals surface area contributed by atoms with E-state index in [1.54, 1.807) is 0 Å². The molecule has 1 aliphatic carbocycles. The highest BCUT2D eigenvalue weighted by molar-refractivity contribution is 5.48. The molecule has 3 rings (SSSR count). The summed E-state index contributed by atoms with van der Waals surface area (Å²) >= 11 is 0. The molecule has 0 spiro atoms. The summed E-state index contributed by atoms with van der Waals surface area (Å²) in [6.45, 7) is 11.1. The minimum atomic E-state index is 0.105. The molecule has 0 radical (unpaired) electrons. The lowest BCUT2D eigenvalue weighted by Crippen LogP contribution is -2.19. The van der Waals surface area contributed by atoms with Gasteiger partial charge in [0.1, 0.15) is 5.75 Å². The lowest BCUT2D eigenvalue weighted by atomic mass is 9.71. The summed E-state index contributed by atoms with van der Waals surface area (Å²) in [5.74, 6) is 2.21. The maximum Gasteiger partial charge on any atom is 0.119 e. The van der Waals surface area contributed by atoms with Gasteiger partial charge in [0.05, 0.1) is 11.7 Å². The average molecular weight is 302 g/mol. The van der Waals surface area contributed by atoms with Crippen LogP contribution in [0.25, 0.3) is 0 Å². The molecule has 0 bridgehead atoms. The largest absolute Gasteiger partial charge is 0.508 e. The molecule has 122 valence electrons. The second-order valence-electron chi connectivity index (χ2n) is 8.14. The van der Waals surface area contributed by atoms with Crippen molar-refractivity contribution < 1.29 is 9.84 Å². The van der Waals surface area contributed by atoms with E-state index < -0.39 is 0 Å². The summed E-state index contributed by atoms with van der Waals surface area (Å²) in [6.07, 6.45) is 5.24. The van der Waals surface area contributed by atoms with Crippen LogP contribution in [0, 0.1) is 12.8 Å². The Labute approximate surface area is 134 Å². The molecule has 1 saturated heterocycles. The van der Waals surface area contributed by atoms with Crippen LogP contribution in [-0.2, 0) is 4.74 Å². The maximum absolute atomic E-state index is 10.4. The van der Waals surface area contributed by atoms with Gasteiger partial charge in [0.2, 0.25) is 0 Å². The summed E-state index contributed by atoms with van der Waals surface area (Å²) in [5, 5.41) is 10.4. The van der Waals surface area contributed by atoms with E-state index in [0.717, 1.165) is 6.42 Å². The number of hydrogen-bond acceptors (Lipinski definition) is 2. The molecule has 2 heteroatoms. The van der Waals surface area contributed by atoms with E-state index in [1.807, 2.05) is 6.07 Å². The first-order valence-electron chi connectivity index (χ1n) is 8.81. The number of aromatic hydroxyl groups is 1. The fourth-order valence-electron chi connectivity index (χ4n) is 4.32. The quantitative estimate of drug-likeness (QED) is 0.768. The Morgan fingerprint density at radius 3 is 2.64 bits per heavy atom. The number of fused-ring (bicyclic) bond motifs is 1. The Bertz CT molecular complexity index is 561. The monoisotopic (exact) mass is 302 g/mol. The van der Waals surface area contributed by atoms with Crippen LogP contribution in [0.2, 0.25) is 0 Å². The molecule has 1 aliphatic heterocycles. The van der Waals surface area contributed by atoms with E-state index >= 15 is 0 Å². The van der Waals surface area contributed by atoms with Crippen LogP contribution < -0.4 is 0 Å². The van der Waals surface area contributed by atoms with Crippen LogP contribution in [0.4, 0.5) is 0 Å². The van der Waals surface area contributed by atoms with E-state index in [-0.39, 0.29) is 5.60 Å². The van der Waals surface area contributed by atoms with Gasteiger partial charge in [-0.1, -0.05) is 19.9 Å². The lowest BCUT2D eigenvalue weighted by Gasteiger charge is -2.34. The van der Waals surface area contributed by atoms with Crippen molar-refractivity contribution in [2.45, 2.75) is 83.8 Å². The molecule has 2 aliphatic rings. The van der Waals surface area contributed by atoms with Gasteiger partial charge in [-0.2, -0.15) is 0 Å². The van der Waals surface area contributed by atoms with Gasteiger partial charge in [-0.05, 0) is 81.4 Å². The van der Waals surface area contributed by atoms with Gasteiger partial charge >= 0.3 is 0 Å². The number of hydrogen-bond donors (Lipinski definition) is 1. The molecular weight excluding hydrogens is 272 g/mol. The van der Waals surface area contributed by atoms with Crippen molar-refractivity contribution in [1.82, 2.24) is 0 Å². The third kappa shape index (κ3) is 2.90. The molecule has 0 aromatic heterocycles. The zero-order valence-electron chi connectivity index (χ0n) is 14.6. The Hall–Kier alpha value is -1.02. The zero-order chi connectivity index (χ0) is 16.1. The van der Waals surface area contributed by atoms with Crippen LogP contribution in [0.3, 0.4) is 0 Å². The Morgan fingerprint density at radius 2 is 2.00 bits per heavy atom. The smallest absolute Gasteiger partial charge is 0.119 e. The standard InChI is InChI=1S/C20H30O2/c1-12-10-16-15(8-6-14(3)19(16)17(21)11-12)13(2)7-9-18-20(4,5)22-18/h10-11,13-15,18,21H,6-9H2,1-5H3/t13-,14+,15?,18?/m0/s1. The van der Waals surface area contributed by atoms with E-state index in [1.165, 1.54) is 36.0 Å². The molecule has 1 aromatic rings. The number of phenols is 1. The van der Waals surface area contributed by atoms with Gasteiger partial charge in [0, 0.05) is 5.56 Å². The van der Waals surface area contributed by atoms with Gasteiger partial charge in [-0.3, -0.25) is 0 Å². The number of ether oxygens (including phenoxy) is 1. The first-order chi connectivity index (χ1) is 10.3. The van der Waals surface area contributed by atoms with E-state index in [4.69, 9.17) is 4.74 Å². The first-order valence-corrected chi connectivity index (χ1v) is 8.81. The van der Waals surface area contributed by atoms with Crippen molar-refractivity contribution >= 4 is 0 Å². The predicted octanol–water partition coefficient (Wildman–Crippen LogP) is 5.28. The summed E-state index contributed by atoms with van der Waals surface area (Å²) in [4.78, 5) is 0. The van der Waals surface area contributed by atoms with Crippen LogP contribution in [0.1, 0.15) is 81.9 Å². The van der Waals surface area contributed by atoms with Gasteiger partial charge in [-0.15, -0.1) is 0 Å². The summed E-state index contributed by atoms with van der Waals surface area (Å²) in [7, 11) is 0. The Kier molecular flexibility index (Phi) is 4.01. The van der Waals surface area contributed by atoms with E-state index in [2.05, 4.69) is 40.7 Å². The van der Waals surface area contributed by atoms with Crippen molar-refractivity contribution in [2.75, 3.05) is 0 Å². The third-order valence-corrected chi connectivity index (χ3v) is 5.87. The highest BCUT2D eigenvalue weighted by Gasteiger charge is 2.47. The van der Waals surface area contributed by atoms with Gasteiger partial charge < -0.3 is 9.84 Å². The summed E-state index contributed by atoms with van der Waals surface area (Å²) in [6, 6.07) is 4.23. The molecule has 0 saturated carbocycles. The van der Waals surface area contributed by atoms with E-state index in [0.29, 0.717) is 29.6 Å². The first kappa shape index (κ1) is 15.9. The maximum atomic E-state index is 10.4. The fourth-order valence-corrected chi connectivity index (χ4v) is 4.32. The van der Waals surface area contributed by atoms with Crippen LogP contribution in [-0.4, -0.2) is 16.8 Å². The van der Waals surface area contributed by atoms with Crippen molar-refractivity contribution in [3.63, 3.8) is 0 Å². The predicted molar refractivity (Wildman–Crippen MR) is 90.6 cm³/mol. The number of rotatable bonds is 4. The summed E-state index contributed by atoms with van der Waals surface area (Å²) in [5.41, 5.74) is 3.89. The molecule has 1 N–H and O–H groups in total. The molecule has 2 unspecified atom stereocenters. The minimum Gasteiger partial charge on any atom is -0.508 e. The molecule has 1 fully saturated rings. The average Bonchev–Trinajstić information content (AvgIpc) is 3.03. The molecular formula is C20H30O2. The number of aryl methyl sites for hydroxylation is 1. The molecule has 0 amide bonds.